The largest absolute Gasteiger partial charge is 0.481 e. The number of aryl methyl sites for hydroxylation is 3. The molecule has 1 unspecified atom stereocenters. The predicted molar refractivity (Wildman–Crippen MR) is 136 cm³/mol. The van der Waals surface area contributed by atoms with Gasteiger partial charge in [0, 0.05) is 17.4 Å². The van der Waals surface area contributed by atoms with Crippen molar-refractivity contribution in [2.45, 2.75) is 64.8 Å². The maximum absolute atomic E-state index is 13.4. The summed E-state index contributed by atoms with van der Waals surface area (Å²) >= 11 is 0. The molecule has 1 aromatic heterocycles. The third kappa shape index (κ3) is 5.24. The second-order valence-electron chi connectivity index (χ2n) is 9.49. The number of rotatable bonds is 10. The fourth-order valence-electron chi connectivity index (χ4n) is 4.73. The van der Waals surface area contributed by atoms with Gasteiger partial charge in [0.05, 0.1) is 5.92 Å². The third-order valence-electron chi connectivity index (χ3n) is 7.05. The summed E-state index contributed by atoms with van der Waals surface area (Å²) in [5.74, 6) is -1.15. The molecular weight excluding hydrogens is 424 g/mol. The fourth-order valence-corrected chi connectivity index (χ4v) is 4.73. The summed E-state index contributed by atoms with van der Waals surface area (Å²) in [5.41, 5.74) is 5.88. The molecule has 5 heteroatoms. The second kappa shape index (κ2) is 10.3. The van der Waals surface area contributed by atoms with Gasteiger partial charge in [-0.2, -0.15) is 0 Å². The Labute approximate surface area is 201 Å². The van der Waals surface area contributed by atoms with Gasteiger partial charge < -0.3 is 15.0 Å². The van der Waals surface area contributed by atoms with Crippen LogP contribution in [0.25, 0.3) is 0 Å². The lowest BCUT2D eigenvalue weighted by atomic mass is 10.0. The van der Waals surface area contributed by atoms with Crippen LogP contribution in [0, 0.1) is 12.8 Å². The summed E-state index contributed by atoms with van der Waals surface area (Å²) in [5, 5.41) is 12.4. The summed E-state index contributed by atoms with van der Waals surface area (Å²) in [6.07, 6.45) is 4.55. The van der Waals surface area contributed by atoms with Gasteiger partial charge in [-0.1, -0.05) is 49.4 Å². The SMILES string of the molecule is CCC(C)n1c(CCCc2ccccc2)ccc1C(=O)Nc1cc([C@@H]2C[C@@H]2C(=O)O)ccc1C. The van der Waals surface area contributed by atoms with Gasteiger partial charge in [-0.15, -0.1) is 0 Å². The van der Waals surface area contributed by atoms with E-state index in [0.717, 1.165) is 42.5 Å². The zero-order valence-electron chi connectivity index (χ0n) is 20.3. The van der Waals surface area contributed by atoms with Gasteiger partial charge in [-0.3, -0.25) is 9.59 Å². The van der Waals surface area contributed by atoms with Gasteiger partial charge in [-0.25, -0.2) is 0 Å². The number of anilines is 1. The van der Waals surface area contributed by atoms with Crippen molar-refractivity contribution in [2.24, 2.45) is 5.92 Å². The first-order chi connectivity index (χ1) is 16.4. The highest BCUT2D eigenvalue weighted by molar-refractivity contribution is 6.03. The normalized spacial score (nSPS) is 17.9. The Morgan fingerprint density at radius 3 is 2.53 bits per heavy atom. The molecule has 0 radical (unpaired) electrons. The zero-order valence-corrected chi connectivity index (χ0v) is 20.3. The van der Waals surface area contributed by atoms with E-state index < -0.39 is 5.97 Å². The Bertz CT molecular complexity index is 1170. The van der Waals surface area contributed by atoms with E-state index >= 15 is 0 Å². The number of carbonyl (C=O) groups excluding carboxylic acids is 1. The van der Waals surface area contributed by atoms with Gasteiger partial charge in [0.1, 0.15) is 5.69 Å². The summed E-state index contributed by atoms with van der Waals surface area (Å²) in [6, 6.07) is 20.6. The molecule has 1 saturated carbocycles. The van der Waals surface area contributed by atoms with Crippen LogP contribution in [0.5, 0.6) is 0 Å². The quantitative estimate of drug-likeness (QED) is 0.370. The first-order valence-electron chi connectivity index (χ1n) is 12.3. The second-order valence-corrected chi connectivity index (χ2v) is 9.49. The highest BCUT2D eigenvalue weighted by Crippen LogP contribution is 2.48. The monoisotopic (exact) mass is 458 g/mol. The van der Waals surface area contributed by atoms with Crippen LogP contribution in [0.4, 0.5) is 5.69 Å². The molecule has 2 aromatic carbocycles. The standard InChI is InChI=1S/C29H34N2O3/c1-4-20(3)31-23(12-8-11-21-9-6-5-7-10-21)15-16-27(31)28(32)30-26-17-22(14-13-19(26)2)24-18-25(24)29(33)34/h5-7,9-10,13-17,20,24-25H,4,8,11-12,18H2,1-3H3,(H,30,32)(H,33,34)/t20?,24-,25-/m0/s1. The molecule has 4 rings (SSSR count). The van der Waals surface area contributed by atoms with E-state index in [-0.39, 0.29) is 23.8 Å². The topological polar surface area (TPSA) is 71.3 Å². The van der Waals surface area contributed by atoms with Crippen LogP contribution in [0.2, 0.25) is 0 Å². The van der Waals surface area contributed by atoms with Crippen LogP contribution in [0.1, 0.15) is 77.9 Å². The highest BCUT2D eigenvalue weighted by atomic mass is 16.4. The highest BCUT2D eigenvalue weighted by Gasteiger charge is 2.44. The zero-order chi connectivity index (χ0) is 24.2. The minimum Gasteiger partial charge on any atom is -0.481 e. The molecule has 0 aliphatic heterocycles. The van der Waals surface area contributed by atoms with Gasteiger partial charge >= 0.3 is 5.97 Å². The van der Waals surface area contributed by atoms with Crippen molar-refractivity contribution >= 4 is 17.6 Å². The van der Waals surface area contributed by atoms with Crippen molar-refractivity contribution in [2.75, 3.05) is 5.32 Å². The lowest BCUT2D eigenvalue weighted by molar-refractivity contribution is -0.138. The maximum Gasteiger partial charge on any atom is 0.307 e. The van der Waals surface area contributed by atoms with Crippen molar-refractivity contribution in [3.8, 4) is 0 Å². The third-order valence-corrected chi connectivity index (χ3v) is 7.05. The summed E-state index contributed by atoms with van der Waals surface area (Å²) < 4.78 is 2.18. The number of carboxylic acids is 1. The molecule has 0 saturated heterocycles. The number of aromatic nitrogens is 1. The smallest absolute Gasteiger partial charge is 0.307 e. The number of carboxylic acid groups (broad SMARTS) is 1. The van der Waals surface area contributed by atoms with Crippen LogP contribution in [-0.4, -0.2) is 21.6 Å². The Morgan fingerprint density at radius 2 is 1.85 bits per heavy atom. The molecule has 1 aliphatic rings. The maximum atomic E-state index is 13.4. The lowest BCUT2D eigenvalue weighted by Crippen LogP contribution is -2.21. The van der Waals surface area contributed by atoms with E-state index in [1.54, 1.807) is 0 Å². The van der Waals surface area contributed by atoms with Crippen molar-refractivity contribution in [3.05, 3.63) is 88.7 Å². The van der Waals surface area contributed by atoms with Crippen LogP contribution < -0.4 is 5.32 Å². The van der Waals surface area contributed by atoms with E-state index in [1.165, 1.54) is 11.3 Å². The van der Waals surface area contributed by atoms with Crippen molar-refractivity contribution in [1.29, 1.82) is 0 Å². The molecular formula is C29H34N2O3. The molecule has 2 N–H and O–H groups in total. The Morgan fingerprint density at radius 1 is 1.09 bits per heavy atom. The average Bonchev–Trinajstić information content (AvgIpc) is 3.54. The first kappa shape index (κ1) is 23.8. The Hall–Kier alpha value is -3.34. The first-order valence-corrected chi connectivity index (χ1v) is 12.3. The number of amides is 1. The molecule has 3 atom stereocenters. The summed E-state index contributed by atoms with van der Waals surface area (Å²) in [7, 11) is 0. The van der Waals surface area contributed by atoms with Gasteiger partial charge in [0.2, 0.25) is 0 Å². The molecule has 5 nitrogen and oxygen atoms in total. The number of hydrogen-bond acceptors (Lipinski definition) is 2. The van der Waals surface area contributed by atoms with Crippen LogP contribution in [-0.2, 0) is 17.6 Å². The summed E-state index contributed by atoms with van der Waals surface area (Å²) in [4.78, 5) is 24.6. The Kier molecular flexibility index (Phi) is 7.20. The fraction of sp³-hybridized carbons (Fsp3) is 0.379. The van der Waals surface area contributed by atoms with Gasteiger partial charge in [0.25, 0.3) is 5.91 Å². The molecule has 0 bridgehead atoms. The molecule has 34 heavy (non-hydrogen) atoms. The lowest BCUT2D eigenvalue weighted by Gasteiger charge is -2.20. The molecule has 178 valence electrons. The minimum absolute atomic E-state index is 0.0361. The molecule has 1 fully saturated rings. The average molecular weight is 459 g/mol. The Balaban J connectivity index is 1.50. The van der Waals surface area contributed by atoms with Crippen LogP contribution >= 0.6 is 0 Å². The minimum atomic E-state index is -0.748. The molecule has 3 aromatic rings. The van der Waals surface area contributed by atoms with Gasteiger partial charge in [0.15, 0.2) is 0 Å². The van der Waals surface area contributed by atoms with E-state index in [0.29, 0.717) is 12.1 Å². The molecule has 1 aliphatic carbocycles. The number of benzene rings is 2. The van der Waals surface area contributed by atoms with Crippen LogP contribution in [0.15, 0.2) is 60.7 Å². The number of hydrogen-bond donors (Lipinski definition) is 2. The van der Waals surface area contributed by atoms with E-state index in [9.17, 15) is 14.7 Å². The predicted octanol–water partition coefficient (Wildman–Crippen LogP) is 6.38. The van der Waals surface area contributed by atoms with E-state index in [1.807, 2.05) is 37.3 Å². The van der Waals surface area contributed by atoms with Crippen molar-refractivity contribution < 1.29 is 14.7 Å². The number of nitrogens with zero attached hydrogens (tertiary/aromatic N) is 1. The number of aliphatic carboxylic acids is 1. The van der Waals surface area contributed by atoms with Crippen molar-refractivity contribution in [3.63, 3.8) is 0 Å². The molecule has 1 amide bonds. The van der Waals surface area contributed by atoms with Gasteiger partial charge in [-0.05, 0) is 86.8 Å². The van der Waals surface area contributed by atoms with E-state index in [2.05, 4.69) is 54.1 Å². The van der Waals surface area contributed by atoms with Crippen molar-refractivity contribution in [1.82, 2.24) is 4.57 Å². The summed E-state index contributed by atoms with van der Waals surface area (Å²) in [6.45, 7) is 6.26. The molecule has 1 heterocycles. The number of nitrogens with one attached hydrogen (secondary N) is 1. The number of carbonyl (C=O) groups is 2. The molecule has 0 spiro atoms. The van der Waals surface area contributed by atoms with E-state index in [4.69, 9.17) is 0 Å². The van der Waals surface area contributed by atoms with Crippen LogP contribution in [0.3, 0.4) is 0 Å².